The van der Waals surface area contributed by atoms with Crippen molar-refractivity contribution in [2.24, 2.45) is 11.7 Å². The quantitative estimate of drug-likeness (QED) is 0.126. The van der Waals surface area contributed by atoms with Gasteiger partial charge in [0.2, 0.25) is 0 Å². The van der Waals surface area contributed by atoms with Gasteiger partial charge in [0.05, 0.1) is 12.1 Å². The van der Waals surface area contributed by atoms with Crippen molar-refractivity contribution in [3.8, 4) is 0 Å². The van der Waals surface area contributed by atoms with Gasteiger partial charge in [0, 0.05) is 6.04 Å². The fourth-order valence-corrected chi connectivity index (χ4v) is 9.93. The zero-order valence-corrected chi connectivity index (χ0v) is 25.3. The van der Waals surface area contributed by atoms with E-state index in [1.54, 1.807) is 0 Å². The first kappa shape index (κ1) is 29.0. The van der Waals surface area contributed by atoms with Crippen LogP contribution in [0.1, 0.15) is 49.4 Å². The number of hydrogen-bond acceptors (Lipinski definition) is 5. The molecule has 5 nitrogen and oxygen atoms in total. The van der Waals surface area contributed by atoms with Gasteiger partial charge in [-0.2, -0.15) is 0 Å². The van der Waals surface area contributed by atoms with Crippen molar-refractivity contribution in [3.63, 3.8) is 0 Å². The van der Waals surface area contributed by atoms with Crippen LogP contribution in [0.15, 0.2) is 131 Å². The molecule has 0 radical (unpaired) electrons. The lowest BCUT2D eigenvalue weighted by atomic mass is 9.93. The second-order valence-electron chi connectivity index (χ2n) is 11.5. The molecule has 43 heavy (non-hydrogen) atoms. The lowest BCUT2D eigenvalue weighted by Gasteiger charge is -2.35. The van der Waals surface area contributed by atoms with E-state index in [4.69, 9.17) is 5.73 Å². The fourth-order valence-electron chi connectivity index (χ4n) is 6.65. The Hall–Kier alpha value is -4.05. The van der Waals surface area contributed by atoms with Crippen LogP contribution < -0.4 is 37.8 Å². The summed E-state index contributed by atoms with van der Waals surface area (Å²) >= 11 is 0. The van der Waals surface area contributed by atoms with Crippen LogP contribution in [0, 0.1) is 5.92 Å². The van der Waals surface area contributed by atoms with Crippen molar-refractivity contribution < 1.29 is 0 Å². The van der Waals surface area contributed by atoms with Gasteiger partial charge >= 0.3 is 0 Å². The number of nitrogens with one attached hydrogen (secondary N) is 2. The first-order chi connectivity index (χ1) is 21.0. The van der Waals surface area contributed by atoms with E-state index in [2.05, 4.69) is 78.2 Å². The maximum Gasteiger partial charge on any atom is 0.253 e. The first-order valence-electron chi connectivity index (χ1n) is 15.1. The molecule has 5 aromatic carbocycles. The number of benzene rings is 4. The van der Waals surface area contributed by atoms with Gasteiger partial charge in [0.15, 0.2) is 0 Å². The van der Waals surface area contributed by atoms with Crippen LogP contribution in [-0.2, 0) is 0 Å². The Labute approximate surface area is 254 Å². The average Bonchev–Trinajstić information content (AvgIpc) is 3.55. The monoisotopic (exact) mass is 587 g/mol. The van der Waals surface area contributed by atoms with Crippen LogP contribution in [0.25, 0.3) is 0 Å². The number of rotatable bonds is 11. The van der Waals surface area contributed by atoms with Crippen molar-refractivity contribution in [1.29, 1.82) is 0 Å². The molecule has 6 rings (SSSR count). The van der Waals surface area contributed by atoms with E-state index < -0.39 is 24.8 Å². The highest BCUT2D eigenvalue weighted by Gasteiger charge is 2.39. The van der Waals surface area contributed by atoms with Gasteiger partial charge in [-0.25, -0.2) is 0 Å². The third kappa shape index (κ3) is 6.06. The van der Waals surface area contributed by atoms with E-state index in [1.807, 2.05) is 60.7 Å². The predicted molar refractivity (Wildman–Crippen MR) is 181 cm³/mol. The summed E-state index contributed by atoms with van der Waals surface area (Å²) in [4.78, 5) is 26.0. The lowest BCUT2D eigenvalue weighted by molar-refractivity contribution is 0.488. The van der Waals surface area contributed by atoms with Gasteiger partial charge in [-0.1, -0.05) is 128 Å². The van der Waals surface area contributed by atoms with Gasteiger partial charge in [0.25, 0.3) is 10.9 Å². The van der Waals surface area contributed by atoms with Crippen molar-refractivity contribution >= 4 is 29.9 Å². The second-order valence-corrected chi connectivity index (χ2v) is 13.9. The minimum absolute atomic E-state index is 0.0201. The molecule has 5 aromatic rings. The standard InChI is InChI=1S/C37H38N3O2P/c1-25(30-23-14-24-31(30)43(28-19-10-4-11-20-28)29-21-12-5-13-22-29)39-34-35(37(42)36(34)41)40-33(27-17-8-3-9-18-27)32(38)26-15-6-2-7-16-26/h2-13,15-22,25,30-33,39-40H,14,23-24,38H2,1H3/t25-,30+,31?,32+,33+/m1/s1. The minimum Gasteiger partial charge on any atom is -0.377 e. The molecular formula is C37H38N3O2P. The lowest BCUT2D eigenvalue weighted by Crippen LogP contribution is -2.43. The van der Waals surface area contributed by atoms with Crippen molar-refractivity contribution in [1.82, 2.24) is 0 Å². The molecule has 0 saturated heterocycles. The Morgan fingerprint density at radius 3 is 1.65 bits per heavy atom. The van der Waals surface area contributed by atoms with Gasteiger partial charge < -0.3 is 16.4 Å². The van der Waals surface area contributed by atoms with Crippen LogP contribution in [0.3, 0.4) is 0 Å². The molecule has 218 valence electrons. The van der Waals surface area contributed by atoms with Crippen molar-refractivity contribution in [2.45, 2.75) is 50.0 Å². The Morgan fingerprint density at radius 1 is 0.651 bits per heavy atom. The highest BCUT2D eigenvalue weighted by Crippen LogP contribution is 2.51. The molecule has 1 fully saturated rings. The number of anilines is 2. The number of nitrogens with two attached hydrogens (primary N) is 1. The summed E-state index contributed by atoms with van der Waals surface area (Å²) in [6.45, 7) is 2.16. The highest BCUT2D eigenvalue weighted by molar-refractivity contribution is 7.73. The molecule has 0 bridgehead atoms. The average molecular weight is 588 g/mol. The van der Waals surface area contributed by atoms with E-state index in [0.29, 0.717) is 23.0 Å². The Bertz CT molecular complexity index is 1650. The van der Waals surface area contributed by atoms with E-state index in [1.165, 1.54) is 10.6 Å². The van der Waals surface area contributed by atoms with Crippen LogP contribution in [0.5, 0.6) is 0 Å². The SMILES string of the molecule is C[C@@H](Nc1c(N[C@@H](c2ccccc2)[C@@H](N)c2ccccc2)c(=O)c1=O)[C@@H]1CCCC1P(c1ccccc1)c1ccccc1. The van der Waals surface area contributed by atoms with Gasteiger partial charge in [-0.15, -0.1) is 0 Å². The summed E-state index contributed by atoms with van der Waals surface area (Å²) < 4.78 is 0. The van der Waals surface area contributed by atoms with Crippen LogP contribution in [-0.4, -0.2) is 11.7 Å². The molecule has 0 aliphatic heterocycles. The zero-order valence-electron chi connectivity index (χ0n) is 24.4. The predicted octanol–water partition coefficient (Wildman–Crippen LogP) is 6.24. The van der Waals surface area contributed by atoms with Gasteiger partial charge in [0.1, 0.15) is 11.4 Å². The van der Waals surface area contributed by atoms with E-state index >= 15 is 0 Å². The van der Waals surface area contributed by atoms with E-state index in [0.717, 1.165) is 30.4 Å². The molecule has 0 aromatic heterocycles. The molecule has 6 heteroatoms. The maximum atomic E-state index is 13.0. The minimum atomic E-state index is -0.585. The topological polar surface area (TPSA) is 84.2 Å². The van der Waals surface area contributed by atoms with Crippen molar-refractivity contribution in [2.75, 3.05) is 10.6 Å². The summed E-state index contributed by atoms with van der Waals surface area (Å²) in [6, 6.07) is 40.6. The Balaban J connectivity index is 1.27. The summed E-state index contributed by atoms with van der Waals surface area (Å²) in [7, 11) is -0.585. The molecule has 0 heterocycles. The first-order valence-corrected chi connectivity index (χ1v) is 16.5. The second kappa shape index (κ2) is 13.1. The summed E-state index contributed by atoms with van der Waals surface area (Å²) in [5.41, 5.74) is 8.93. The maximum absolute atomic E-state index is 13.0. The van der Waals surface area contributed by atoms with Crippen molar-refractivity contribution in [3.05, 3.63) is 153 Å². The summed E-state index contributed by atoms with van der Waals surface area (Å²) in [5.74, 6) is 0.361. The molecule has 1 saturated carbocycles. The largest absolute Gasteiger partial charge is 0.377 e. The number of hydrogen-bond donors (Lipinski definition) is 3. The van der Waals surface area contributed by atoms with Gasteiger partial charge in [-0.3, -0.25) is 9.59 Å². The Morgan fingerprint density at radius 2 is 1.12 bits per heavy atom. The fraction of sp³-hybridized carbons (Fsp3) is 0.243. The Kier molecular flexibility index (Phi) is 8.83. The molecule has 1 aliphatic carbocycles. The van der Waals surface area contributed by atoms with Crippen LogP contribution in [0.4, 0.5) is 11.4 Å². The highest BCUT2D eigenvalue weighted by atomic mass is 31.1. The zero-order chi connectivity index (χ0) is 29.8. The van der Waals surface area contributed by atoms with Gasteiger partial charge in [-0.05, 0) is 61.0 Å². The van der Waals surface area contributed by atoms with E-state index in [9.17, 15) is 9.59 Å². The molecule has 0 amide bonds. The van der Waals surface area contributed by atoms with Crippen LogP contribution >= 0.6 is 7.92 Å². The van der Waals surface area contributed by atoms with E-state index in [-0.39, 0.29) is 12.1 Å². The molecule has 4 N–H and O–H groups in total. The smallest absolute Gasteiger partial charge is 0.253 e. The molecule has 1 aliphatic rings. The molecule has 5 atom stereocenters. The molecule has 0 spiro atoms. The van der Waals surface area contributed by atoms with Crippen LogP contribution in [0.2, 0.25) is 0 Å². The third-order valence-electron chi connectivity index (χ3n) is 8.86. The molecular weight excluding hydrogens is 549 g/mol. The normalized spacial score (nSPS) is 18.8. The molecule has 1 unspecified atom stereocenters. The third-order valence-corrected chi connectivity index (χ3v) is 11.9. The summed E-state index contributed by atoms with van der Waals surface area (Å²) in [6.07, 6.45) is 3.38. The summed E-state index contributed by atoms with van der Waals surface area (Å²) in [5, 5.41) is 9.69.